The van der Waals surface area contributed by atoms with Crippen molar-refractivity contribution in [2.24, 2.45) is 0 Å². The topological polar surface area (TPSA) is 106 Å². The molecule has 0 saturated carbocycles. The number of nitro groups is 1. The van der Waals surface area contributed by atoms with E-state index in [0.717, 1.165) is 24.3 Å². The molecule has 2 aromatic heterocycles. The number of carbonyl (C=O) groups is 1. The number of non-ortho nitro benzene ring substituents is 1. The number of hydrogen-bond donors (Lipinski definition) is 1. The first-order chi connectivity index (χ1) is 13.1. The number of fused-ring (bicyclic) bond motifs is 1. The molecule has 1 N–H and O–H groups in total. The number of likely N-dealkylation sites (tertiary alicyclic amines) is 1. The van der Waals surface area contributed by atoms with Gasteiger partial charge in [-0.2, -0.15) is 0 Å². The SMILES string of the molecule is O=C(Nc1cccc([N+](=O)[O-])c1)N1CCC(c2nnc3ccccn23)CC1. The summed E-state index contributed by atoms with van der Waals surface area (Å²) in [5.41, 5.74) is 1.18. The number of hydrogen-bond acceptors (Lipinski definition) is 5. The Labute approximate surface area is 154 Å². The second-order valence-corrected chi connectivity index (χ2v) is 6.49. The summed E-state index contributed by atoms with van der Waals surface area (Å²) >= 11 is 0. The Bertz CT molecular complexity index is 993. The van der Waals surface area contributed by atoms with Crippen LogP contribution in [0.1, 0.15) is 24.6 Å². The lowest BCUT2D eigenvalue weighted by Gasteiger charge is -2.31. The van der Waals surface area contributed by atoms with Crippen LogP contribution >= 0.6 is 0 Å². The number of nitrogens with zero attached hydrogens (tertiary/aromatic N) is 5. The summed E-state index contributed by atoms with van der Waals surface area (Å²) in [5, 5.41) is 22.1. The lowest BCUT2D eigenvalue weighted by atomic mass is 9.96. The van der Waals surface area contributed by atoms with Crippen molar-refractivity contribution in [3.8, 4) is 0 Å². The van der Waals surface area contributed by atoms with E-state index in [1.807, 2.05) is 28.8 Å². The van der Waals surface area contributed by atoms with E-state index >= 15 is 0 Å². The zero-order valence-electron chi connectivity index (χ0n) is 14.5. The number of nitrogens with one attached hydrogen (secondary N) is 1. The first-order valence-corrected chi connectivity index (χ1v) is 8.72. The fourth-order valence-electron chi connectivity index (χ4n) is 3.38. The Morgan fingerprint density at radius 2 is 1.96 bits per heavy atom. The number of benzene rings is 1. The molecule has 0 spiro atoms. The average molecular weight is 366 g/mol. The van der Waals surface area contributed by atoms with Crippen LogP contribution in [0.25, 0.3) is 5.65 Å². The van der Waals surface area contributed by atoms with Crippen LogP contribution in [0, 0.1) is 10.1 Å². The number of urea groups is 1. The lowest BCUT2D eigenvalue weighted by Crippen LogP contribution is -2.40. The minimum absolute atomic E-state index is 0.0507. The smallest absolute Gasteiger partial charge is 0.321 e. The van der Waals surface area contributed by atoms with E-state index in [-0.39, 0.29) is 17.6 Å². The maximum atomic E-state index is 12.5. The molecule has 0 bridgehead atoms. The highest BCUT2D eigenvalue weighted by atomic mass is 16.6. The fraction of sp³-hybridized carbons (Fsp3) is 0.278. The maximum Gasteiger partial charge on any atom is 0.321 e. The van der Waals surface area contributed by atoms with Gasteiger partial charge in [-0.3, -0.25) is 14.5 Å². The highest BCUT2D eigenvalue weighted by molar-refractivity contribution is 5.89. The van der Waals surface area contributed by atoms with Crippen LogP contribution in [-0.4, -0.2) is 43.5 Å². The minimum atomic E-state index is -0.482. The third kappa shape index (κ3) is 3.43. The first-order valence-electron chi connectivity index (χ1n) is 8.72. The minimum Gasteiger partial charge on any atom is -0.324 e. The van der Waals surface area contributed by atoms with Crippen LogP contribution in [0.15, 0.2) is 48.7 Å². The van der Waals surface area contributed by atoms with E-state index in [9.17, 15) is 14.9 Å². The maximum absolute atomic E-state index is 12.5. The summed E-state index contributed by atoms with van der Waals surface area (Å²) in [5.74, 6) is 1.16. The highest BCUT2D eigenvalue weighted by Crippen LogP contribution is 2.27. The lowest BCUT2D eigenvalue weighted by molar-refractivity contribution is -0.384. The van der Waals surface area contributed by atoms with Crippen LogP contribution < -0.4 is 5.32 Å². The number of carbonyl (C=O) groups excluding carboxylic acids is 1. The molecule has 2 amide bonds. The fourth-order valence-corrected chi connectivity index (χ4v) is 3.38. The number of pyridine rings is 1. The number of piperidine rings is 1. The van der Waals surface area contributed by atoms with Gasteiger partial charge in [0.25, 0.3) is 5.69 Å². The van der Waals surface area contributed by atoms with Crippen molar-refractivity contribution in [1.29, 1.82) is 0 Å². The third-order valence-corrected chi connectivity index (χ3v) is 4.80. The van der Waals surface area contributed by atoms with Gasteiger partial charge in [0.2, 0.25) is 0 Å². The first kappa shape index (κ1) is 17.0. The van der Waals surface area contributed by atoms with Gasteiger partial charge in [-0.25, -0.2) is 4.79 Å². The molecule has 138 valence electrons. The van der Waals surface area contributed by atoms with Crippen molar-refractivity contribution in [2.75, 3.05) is 18.4 Å². The molecule has 1 fully saturated rings. The van der Waals surface area contributed by atoms with Crippen molar-refractivity contribution < 1.29 is 9.72 Å². The van der Waals surface area contributed by atoms with Gasteiger partial charge in [0.05, 0.1) is 4.92 Å². The molecule has 1 aromatic carbocycles. The molecule has 3 aromatic rings. The second-order valence-electron chi connectivity index (χ2n) is 6.49. The summed E-state index contributed by atoms with van der Waals surface area (Å²) in [7, 11) is 0. The van der Waals surface area contributed by atoms with Crippen LogP contribution in [-0.2, 0) is 0 Å². The summed E-state index contributed by atoms with van der Waals surface area (Å²) in [6.07, 6.45) is 3.53. The van der Waals surface area contributed by atoms with Crippen LogP contribution in [0.5, 0.6) is 0 Å². The molecule has 0 radical (unpaired) electrons. The second kappa shape index (κ2) is 7.02. The summed E-state index contributed by atoms with van der Waals surface area (Å²) < 4.78 is 1.99. The molecule has 0 atom stereocenters. The number of aromatic nitrogens is 3. The van der Waals surface area contributed by atoms with Crippen molar-refractivity contribution in [3.05, 3.63) is 64.6 Å². The summed E-state index contributed by atoms with van der Waals surface area (Å²) in [6, 6.07) is 11.5. The van der Waals surface area contributed by atoms with E-state index in [1.54, 1.807) is 17.0 Å². The molecule has 0 unspecified atom stereocenters. The van der Waals surface area contributed by atoms with Gasteiger partial charge in [0, 0.05) is 43.0 Å². The Hall–Kier alpha value is -3.49. The van der Waals surface area contributed by atoms with E-state index in [0.29, 0.717) is 18.8 Å². The van der Waals surface area contributed by atoms with Gasteiger partial charge in [-0.1, -0.05) is 12.1 Å². The zero-order chi connectivity index (χ0) is 18.8. The van der Waals surface area contributed by atoms with Gasteiger partial charge in [0.15, 0.2) is 5.65 Å². The molecule has 4 rings (SSSR count). The van der Waals surface area contributed by atoms with Crippen LogP contribution in [0.3, 0.4) is 0 Å². The van der Waals surface area contributed by atoms with Crippen molar-refractivity contribution in [2.45, 2.75) is 18.8 Å². The van der Waals surface area contributed by atoms with Crippen LogP contribution in [0.2, 0.25) is 0 Å². The standard InChI is InChI=1S/C18H18N6O3/c25-18(19-14-4-3-5-15(12-14)24(26)27)22-10-7-13(8-11-22)17-21-20-16-6-1-2-9-23(16)17/h1-6,9,12-13H,7-8,10-11H2,(H,19,25). The van der Waals surface area contributed by atoms with Gasteiger partial charge in [-0.05, 0) is 31.0 Å². The van der Waals surface area contributed by atoms with Crippen LogP contribution in [0.4, 0.5) is 16.2 Å². The van der Waals surface area contributed by atoms with Crippen molar-refractivity contribution in [3.63, 3.8) is 0 Å². The van der Waals surface area contributed by atoms with Crippen molar-refractivity contribution >= 4 is 23.1 Å². The number of anilines is 1. The quantitative estimate of drug-likeness (QED) is 0.566. The molecule has 1 aliphatic heterocycles. The van der Waals surface area contributed by atoms with Gasteiger partial charge < -0.3 is 10.2 Å². The monoisotopic (exact) mass is 366 g/mol. The van der Waals surface area contributed by atoms with E-state index in [1.165, 1.54) is 12.1 Å². The molecule has 1 saturated heterocycles. The largest absolute Gasteiger partial charge is 0.324 e. The third-order valence-electron chi connectivity index (χ3n) is 4.80. The predicted molar refractivity (Wildman–Crippen MR) is 98.7 cm³/mol. The molecular formula is C18H18N6O3. The predicted octanol–water partition coefficient (Wildman–Crippen LogP) is 3.05. The number of amides is 2. The van der Waals surface area contributed by atoms with Gasteiger partial charge in [0.1, 0.15) is 5.82 Å². The zero-order valence-corrected chi connectivity index (χ0v) is 14.5. The molecule has 1 aliphatic rings. The normalized spacial score (nSPS) is 15.0. The average Bonchev–Trinajstić information content (AvgIpc) is 3.12. The summed E-state index contributed by atoms with van der Waals surface area (Å²) in [4.78, 5) is 24.6. The molecule has 9 nitrogen and oxygen atoms in total. The molecule has 9 heteroatoms. The Kier molecular flexibility index (Phi) is 4.41. The Morgan fingerprint density at radius 1 is 1.15 bits per heavy atom. The Balaban J connectivity index is 1.39. The van der Waals surface area contributed by atoms with E-state index in [4.69, 9.17) is 0 Å². The van der Waals surface area contributed by atoms with Crippen molar-refractivity contribution in [1.82, 2.24) is 19.5 Å². The molecule has 3 heterocycles. The van der Waals surface area contributed by atoms with E-state index < -0.39 is 4.92 Å². The number of nitro benzene ring substituents is 1. The molecule has 27 heavy (non-hydrogen) atoms. The summed E-state index contributed by atoms with van der Waals surface area (Å²) in [6.45, 7) is 1.18. The number of rotatable bonds is 3. The molecular weight excluding hydrogens is 348 g/mol. The van der Waals surface area contributed by atoms with Gasteiger partial charge >= 0.3 is 6.03 Å². The van der Waals surface area contributed by atoms with Gasteiger partial charge in [-0.15, -0.1) is 10.2 Å². The Morgan fingerprint density at radius 3 is 2.74 bits per heavy atom. The van der Waals surface area contributed by atoms with E-state index in [2.05, 4.69) is 15.5 Å². The molecule has 0 aliphatic carbocycles. The highest BCUT2D eigenvalue weighted by Gasteiger charge is 2.27.